The van der Waals surface area contributed by atoms with Gasteiger partial charge in [-0.3, -0.25) is 13.9 Å². The average molecular weight is 325 g/mol. The molecule has 0 aliphatic carbocycles. The first-order valence-electron chi connectivity index (χ1n) is 7.24. The first-order chi connectivity index (χ1) is 10.1. The second-order valence-corrected chi connectivity index (χ2v) is 5.56. The molecule has 0 unspecified atom stereocenters. The number of hydrogen-bond donors (Lipinski definition) is 1. The molecule has 2 aromatic rings. The molecule has 1 aromatic heterocycles. The third-order valence-electron chi connectivity index (χ3n) is 4.17. The van der Waals surface area contributed by atoms with Gasteiger partial charge in [0, 0.05) is 32.7 Å². The number of carbonyl (C=O) groups is 1. The van der Waals surface area contributed by atoms with Crippen molar-refractivity contribution in [3.05, 3.63) is 34.7 Å². The molecule has 1 N–H and O–H groups in total. The molecule has 2 heterocycles. The van der Waals surface area contributed by atoms with Crippen molar-refractivity contribution in [3.8, 4) is 0 Å². The molecule has 1 saturated heterocycles. The van der Waals surface area contributed by atoms with E-state index < -0.39 is 0 Å². The summed E-state index contributed by atoms with van der Waals surface area (Å²) in [5.41, 5.74) is 1.51. The van der Waals surface area contributed by atoms with E-state index in [4.69, 9.17) is 0 Å². The lowest BCUT2D eigenvalue weighted by Crippen LogP contribution is -2.53. The predicted octanol–water partition coefficient (Wildman–Crippen LogP) is 0.582. The van der Waals surface area contributed by atoms with Crippen molar-refractivity contribution >= 4 is 29.3 Å². The molecule has 0 bridgehead atoms. The second-order valence-electron chi connectivity index (χ2n) is 5.56. The van der Waals surface area contributed by atoms with Crippen LogP contribution in [0.3, 0.4) is 0 Å². The smallest absolute Gasteiger partial charge is 0.329 e. The number of aromatic nitrogens is 2. The second kappa shape index (κ2) is 6.54. The van der Waals surface area contributed by atoms with Crippen molar-refractivity contribution in [3.63, 3.8) is 0 Å². The maximum Gasteiger partial charge on any atom is 0.329 e. The van der Waals surface area contributed by atoms with Gasteiger partial charge in [-0.25, -0.2) is 4.79 Å². The minimum atomic E-state index is -0.146. The van der Waals surface area contributed by atoms with Crippen LogP contribution in [0.15, 0.2) is 29.1 Å². The van der Waals surface area contributed by atoms with Gasteiger partial charge in [-0.2, -0.15) is 0 Å². The lowest BCUT2D eigenvalue weighted by molar-refractivity contribution is -0.134. The molecule has 0 spiro atoms. The van der Waals surface area contributed by atoms with E-state index in [0.717, 1.165) is 24.1 Å². The quantitative estimate of drug-likeness (QED) is 0.879. The molecule has 1 fully saturated rings. The highest BCUT2D eigenvalue weighted by Gasteiger charge is 2.24. The Morgan fingerprint density at radius 2 is 2.00 bits per heavy atom. The summed E-state index contributed by atoms with van der Waals surface area (Å²) in [6.07, 6.45) is 0. The van der Waals surface area contributed by atoms with Crippen molar-refractivity contribution in [1.29, 1.82) is 0 Å². The van der Waals surface area contributed by atoms with E-state index in [-0.39, 0.29) is 36.6 Å². The van der Waals surface area contributed by atoms with Crippen molar-refractivity contribution in [2.75, 3.05) is 19.6 Å². The van der Waals surface area contributed by atoms with Crippen molar-refractivity contribution < 1.29 is 4.79 Å². The fraction of sp³-hybridized carbons (Fsp3) is 0.467. The Morgan fingerprint density at radius 1 is 1.32 bits per heavy atom. The summed E-state index contributed by atoms with van der Waals surface area (Å²) in [5, 5.41) is 3.26. The van der Waals surface area contributed by atoms with E-state index in [2.05, 4.69) is 5.32 Å². The largest absolute Gasteiger partial charge is 0.336 e. The fourth-order valence-corrected chi connectivity index (χ4v) is 2.95. The third kappa shape index (κ3) is 2.76. The molecule has 1 aliphatic heterocycles. The van der Waals surface area contributed by atoms with Crippen LogP contribution >= 0.6 is 12.4 Å². The standard InChI is InChI=1S/C15H20N4O2.ClH/c1-11-9-16-7-8-18(11)14(20)10-19-13-6-4-3-5-12(13)17(2)15(19)21;/h3-6,11,16H,7-10H2,1-2H3;1H/t11-;/m1./s1. The van der Waals surface area contributed by atoms with Gasteiger partial charge < -0.3 is 10.2 Å². The van der Waals surface area contributed by atoms with Gasteiger partial charge in [-0.05, 0) is 19.1 Å². The molecule has 120 valence electrons. The number of hydrogen-bond acceptors (Lipinski definition) is 3. The first-order valence-corrected chi connectivity index (χ1v) is 7.24. The van der Waals surface area contributed by atoms with Crippen LogP contribution in [0, 0.1) is 0 Å². The van der Waals surface area contributed by atoms with Gasteiger partial charge in [0.1, 0.15) is 6.54 Å². The summed E-state index contributed by atoms with van der Waals surface area (Å²) in [6, 6.07) is 7.72. The average Bonchev–Trinajstić information content (AvgIpc) is 2.73. The molecule has 1 atom stereocenters. The summed E-state index contributed by atoms with van der Waals surface area (Å²) < 4.78 is 3.15. The van der Waals surface area contributed by atoms with Crippen LogP contribution in [0.5, 0.6) is 0 Å². The van der Waals surface area contributed by atoms with E-state index in [9.17, 15) is 9.59 Å². The molecule has 22 heavy (non-hydrogen) atoms. The highest BCUT2D eigenvalue weighted by atomic mass is 35.5. The molecular formula is C15H21ClN4O2. The summed E-state index contributed by atoms with van der Waals surface area (Å²) in [4.78, 5) is 26.7. The number of para-hydroxylation sites is 2. The van der Waals surface area contributed by atoms with Crippen molar-refractivity contribution in [2.45, 2.75) is 19.5 Å². The number of benzene rings is 1. The Bertz CT molecular complexity index is 737. The summed E-state index contributed by atoms with van der Waals surface area (Å²) >= 11 is 0. The zero-order valence-electron chi connectivity index (χ0n) is 12.8. The fourth-order valence-electron chi connectivity index (χ4n) is 2.95. The number of imidazole rings is 1. The van der Waals surface area contributed by atoms with Crippen LogP contribution in [0.2, 0.25) is 0 Å². The molecule has 7 heteroatoms. The molecule has 0 radical (unpaired) electrons. The number of fused-ring (bicyclic) bond motifs is 1. The number of piperazine rings is 1. The van der Waals surface area contributed by atoms with E-state index >= 15 is 0 Å². The van der Waals surface area contributed by atoms with Gasteiger partial charge >= 0.3 is 5.69 Å². The Labute approximate surface area is 135 Å². The maximum atomic E-state index is 12.5. The first kappa shape index (κ1) is 16.6. The zero-order chi connectivity index (χ0) is 15.0. The Morgan fingerprint density at radius 3 is 2.68 bits per heavy atom. The number of halogens is 1. The van der Waals surface area contributed by atoms with Crippen LogP contribution < -0.4 is 11.0 Å². The van der Waals surface area contributed by atoms with Crippen LogP contribution in [0.25, 0.3) is 11.0 Å². The van der Waals surface area contributed by atoms with E-state index in [1.54, 1.807) is 16.2 Å². The number of nitrogens with zero attached hydrogens (tertiary/aromatic N) is 3. The Kier molecular flexibility index (Phi) is 4.93. The normalized spacial score (nSPS) is 18.3. The van der Waals surface area contributed by atoms with Crippen molar-refractivity contribution in [2.24, 2.45) is 7.05 Å². The Hall–Kier alpha value is -1.79. The lowest BCUT2D eigenvalue weighted by Gasteiger charge is -2.34. The van der Waals surface area contributed by atoms with Gasteiger partial charge in [0.25, 0.3) is 0 Å². The zero-order valence-corrected chi connectivity index (χ0v) is 13.6. The molecule has 3 rings (SSSR count). The topological polar surface area (TPSA) is 59.3 Å². The van der Waals surface area contributed by atoms with Crippen LogP contribution in [-0.2, 0) is 18.4 Å². The summed E-state index contributed by atoms with van der Waals surface area (Å²) in [7, 11) is 1.74. The van der Waals surface area contributed by atoms with E-state index in [1.165, 1.54) is 0 Å². The van der Waals surface area contributed by atoms with Gasteiger partial charge in [-0.15, -0.1) is 12.4 Å². The summed E-state index contributed by atoms with van der Waals surface area (Å²) in [6.45, 7) is 4.43. The molecule has 0 saturated carbocycles. The predicted molar refractivity (Wildman–Crippen MR) is 88.5 cm³/mol. The van der Waals surface area contributed by atoms with Gasteiger partial charge in [0.15, 0.2) is 0 Å². The number of rotatable bonds is 2. The molecule has 1 amide bonds. The summed E-state index contributed by atoms with van der Waals surface area (Å²) in [5.74, 6) is 0.00227. The van der Waals surface area contributed by atoms with E-state index in [0.29, 0.717) is 6.54 Å². The minimum Gasteiger partial charge on any atom is -0.336 e. The van der Waals surface area contributed by atoms with E-state index in [1.807, 2.05) is 36.1 Å². The monoisotopic (exact) mass is 324 g/mol. The van der Waals surface area contributed by atoms with Gasteiger partial charge in [0.05, 0.1) is 11.0 Å². The number of amides is 1. The highest BCUT2D eigenvalue weighted by Crippen LogP contribution is 2.12. The SMILES string of the molecule is C[C@@H]1CNCCN1C(=O)Cn1c(=O)n(C)c2ccccc21.Cl. The number of carbonyl (C=O) groups excluding carboxylic acids is 1. The van der Waals surface area contributed by atoms with Crippen LogP contribution in [0.1, 0.15) is 6.92 Å². The maximum absolute atomic E-state index is 12.5. The number of aryl methyl sites for hydroxylation is 1. The molecular weight excluding hydrogens is 304 g/mol. The van der Waals surface area contributed by atoms with Crippen LogP contribution in [0.4, 0.5) is 0 Å². The third-order valence-corrected chi connectivity index (χ3v) is 4.17. The van der Waals surface area contributed by atoms with Gasteiger partial charge in [-0.1, -0.05) is 12.1 Å². The van der Waals surface area contributed by atoms with Crippen LogP contribution in [-0.4, -0.2) is 45.6 Å². The minimum absolute atomic E-state index is 0. The molecule has 1 aromatic carbocycles. The van der Waals surface area contributed by atoms with Gasteiger partial charge in [0.2, 0.25) is 5.91 Å². The molecule has 6 nitrogen and oxygen atoms in total. The van der Waals surface area contributed by atoms with Crippen molar-refractivity contribution in [1.82, 2.24) is 19.4 Å². The molecule has 1 aliphatic rings. The Balaban J connectivity index is 0.00000176. The highest BCUT2D eigenvalue weighted by molar-refractivity contribution is 5.85. The lowest BCUT2D eigenvalue weighted by atomic mass is 10.2. The number of nitrogens with one attached hydrogen (secondary N) is 1.